The summed E-state index contributed by atoms with van der Waals surface area (Å²) in [4.78, 5) is 31.4. The zero-order chi connectivity index (χ0) is 32.2. The van der Waals surface area contributed by atoms with E-state index in [1.165, 1.54) is 38.5 Å². The van der Waals surface area contributed by atoms with E-state index in [9.17, 15) is 14.7 Å². The van der Waals surface area contributed by atoms with Crippen LogP contribution in [-0.4, -0.2) is 91.0 Å². The van der Waals surface area contributed by atoms with Gasteiger partial charge >= 0.3 is 6.03 Å². The van der Waals surface area contributed by atoms with Crippen LogP contribution < -0.4 is 15.4 Å². The second-order valence-electron chi connectivity index (χ2n) is 14.2. The van der Waals surface area contributed by atoms with Gasteiger partial charge < -0.3 is 35.0 Å². The summed E-state index contributed by atoms with van der Waals surface area (Å²) < 4.78 is 12.9. The highest BCUT2D eigenvalue weighted by Gasteiger charge is 2.31. The van der Waals surface area contributed by atoms with Gasteiger partial charge in [0.1, 0.15) is 5.75 Å². The Kier molecular flexibility index (Phi) is 14.3. The molecule has 0 radical (unpaired) electrons. The minimum Gasteiger partial charge on any atom is -0.490 e. The van der Waals surface area contributed by atoms with E-state index in [1.807, 2.05) is 13.8 Å². The summed E-state index contributed by atoms with van der Waals surface area (Å²) >= 11 is 0. The van der Waals surface area contributed by atoms with Crippen LogP contribution in [0.4, 0.5) is 10.5 Å². The number of nitrogens with zero attached hydrogens (tertiary/aromatic N) is 2. The summed E-state index contributed by atoms with van der Waals surface area (Å²) in [5.41, 5.74) is 0.941. The van der Waals surface area contributed by atoms with Crippen molar-refractivity contribution in [1.29, 1.82) is 0 Å². The summed E-state index contributed by atoms with van der Waals surface area (Å²) in [7, 11) is 2.20. The topological polar surface area (TPSA) is 103 Å². The summed E-state index contributed by atoms with van der Waals surface area (Å²) in [6.45, 7) is 8.92. The van der Waals surface area contributed by atoms with E-state index in [0.717, 1.165) is 64.0 Å². The minimum atomic E-state index is -0.398. The third kappa shape index (κ3) is 11.1. The van der Waals surface area contributed by atoms with E-state index in [1.54, 1.807) is 23.1 Å². The zero-order valence-corrected chi connectivity index (χ0v) is 28.4. The fourth-order valence-corrected chi connectivity index (χ4v) is 7.25. The van der Waals surface area contributed by atoms with Crippen molar-refractivity contribution >= 4 is 17.6 Å². The SMILES string of the molecule is C[C@@H]1CCCCO[C@H](CN(C)CC2CCCCC2)[C@@H](C)CN([C@H](C)CO)C(=O)c2cc(NC(=O)NC3CCCCC3)ccc2O1. The molecule has 1 aromatic rings. The van der Waals surface area contributed by atoms with E-state index in [2.05, 4.69) is 29.5 Å². The fraction of sp³-hybridized carbons (Fsp3) is 0.778. The van der Waals surface area contributed by atoms with Gasteiger partial charge in [-0.1, -0.05) is 45.4 Å². The summed E-state index contributed by atoms with van der Waals surface area (Å²) in [6.07, 6.45) is 14.7. The van der Waals surface area contributed by atoms with Gasteiger partial charge in [-0.2, -0.15) is 0 Å². The molecule has 9 nitrogen and oxygen atoms in total. The molecule has 254 valence electrons. The van der Waals surface area contributed by atoms with Gasteiger partial charge in [0.15, 0.2) is 0 Å². The Morgan fingerprint density at radius 2 is 1.69 bits per heavy atom. The summed E-state index contributed by atoms with van der Waals surface area (Å²) in [5.74, 6) is 1.08. The highest BCUT2D eigenvalue weighted by Crippen LogP contribution is 2.29. The molecule has 0 aromatic heterocycles. The normalized spacial score (nSPS) is 25.6. The number of amides is 3. The molecule has 1 heterocycles. The molecule has 9 heteroatoms. The molecule has 0 unspecified atom stereocenters. The molecule has 3 amide bonds. The Hall–Kier alpha value is -2.36. The Labute approximate surface area is 271 Å². The van der Waals surface area contributed by atoms with Crippen molar-refractivity contribution in [3.8, 4) is 5.75 Å². The lowest BCUT2D eigenvalue weighted by Gasteiger charge is -2.36. The number of likely N-dealkylation sites (N-methyl/N-ethyl adjacent to an activating group) is 1. The van der Waals surface area contributed by atoms with Gasteiger partial charge in [-0.25, -0.2) is 4.79 Å². The second-order valence-corrected chi connectivity index (χ2v) is 14.2. The van der Waals surface area contributed by atoms with Crippen molar-refractivity contribution in [2.75, 3.05) is 45.2 Å². The van der Waals surface area contributed by atoms with E-state index in [0.29, 0.717) is 30.2 Å². The number of nitrogens with one attached hydrogen (secondary N) is 2. The molecule has 2 aliphatic carbocycles. The lowest BCUT2D eigenvalue weighted by Crippen LogP contribution is -2.47. The van der Waals surface area contributed by atoms with Crippen LogP contribution >= 0.6 is 0 Å². The van der Waals surface area contributed by atoms with Crippen LogP contribution in [0, 0.1) is 11.8 Å². The molecule has 1 aromatic carbocycles. The van der Waals surface area contributed by atoms with Gasteiger partial charge in [0.25, 0.3) is 5.91 Å². The van der Waals surface area contributed by atoms with Gasteiger partial charge in [0, 0.05) is 43.9 Å². The van der Waals surface area contributed by atoms with Crippen LogP contribution in [-0.2, 0) is 4.74 Å². The number of aliphatic hydroxyl groups is 1. The lowest BCUT2D eigenvalue weighted by molar-refractivity contribution is -0.0190. The average molecular weight is 629 g/mol. The maximum Gasteiger partial charge on any atom is 0.319 e. The molecule has 0 saturated heterocycles. The first-order chi connectivity index (χ1) is 21.7. The maximum atomic E-state index is 14.4. The van der Waals surface area contributed by atoms with Crippen LogP contribution in [0.25, 0.3) is 0 Å². The molecule has 4 rings (SSSR count). The first-order valence-electron chi connectivity index (χ1n) is 17.8. The molecule has 4 atom stereocenters. The first-order valence-corrected chi connectivity index (χ1v) is 17.8. The van der Waals surface area contributed by atoms with Crippen LogP contribution in [0.5, 0.6) is 5.75 Å². The number of ether oxygens (including phenoxy) is 2. The van der Waals surface area contributed by atoms with Gasteiger partial charge in [-0.15, -0.1) is 0 Å². The van der Waals surface area contributed by atoms with Gasteiger partial charge in [0.2, 0.25) is 0 Å². The average Bonchev–Trinajstić information content (AvgIpc) is 3.03. The molecule has 45 heavy (non-hydrogen) atoms. The number of carbonyl (C=O) groups excluding carboxylic acids is 2. The molecule has 3 aliphatic rings. The molecule has 0 bridgehead atoms. The smallest absolute Gasteiger partial charge is 0.319 e. The van der Waals surface area contributed by atoms with Crippen LogP contribution in [0.1, 0.15) is 115 Å². The van der Waals surface area contributed by atoms with Gasteiger partial charge in [0.05, 0.1) is 30.4 Å². The highest BCUT2D eigenvalue weighted by molar-refractivity contribution is 5.99. The summed E-state index contributed by atoms with van der Waals surface area (Å²) in [6, 6.07) is 4.85. The fourth-order valence-electron chi connectivity index (χ4n) is 7.25. The maximum absolute atomic E-state index is 14.4. The lowest BCUT2D eigenvalue weighted by atomic mass is 9.89. The predicted octanol–water partition coefficient (Wildman–Crippen LogP) is 6.45. The summed E-state index contributed by atoms with van der Waals surface area (Å²) in [5, 5.41) is 16.3. The minimum absolute atomic E-state index is 0.0349. The van der Waals surface area contributed by atoms with Gasteiger partial charge in [-0.3, -0.25) is 4.79 Å². The van der Waals surface area contributed by atoms with Crippen molar-refractivity contribution < 1.29 is 24.2 Å². The Morgan fingerprint density at radius 3 is 2.40 bits per heavy atom. The molecular weight excluding hydrogens is 568 g/mol. The Morgan fingerprint density at radius 1 is 1.00 bits per heavy atom. The van der Waals surface area contributed by atoms with Crippen molar-refractivity contribution in [2.24, 2.45) is 11.8 Å². The number of carbonyl (C=O) groups is 2. The molecule has 3 N–H and O–H groups in total. The van der Waals surface area contributed by atoms with Gasteiger partial charge in [-0.05, 0) is 90.0 Å². The quantitative estimate of drug-likeness (QED) is 0.306. The molecule has 2 fully saturated rings. The molecular formula is C36H60N4O5. The molecule has 0 spiro atoms. The second kappa shape index (κ2) is 18.1. The highest BCUT2D eigenvalue weighted by atomic mass is 16.5. The Bertz CT molecular complexity index is 1060. The number of aliphatic hydroxyl groups excluding tert-OH is 1. The van der Waals surface area contributed by atoms with E-state index in [4.69, 9.17) is 9.47 Å². The van der Waals surface area contributed by atoms with Crippen LogP contribution in [0.15, 0.2) is 18.2 Å². The van der Waals surface area contributed by atoms with Crippen molar-refractivity contribution in [1.82, 2.24) is 15.1 Å². The van der Waals surface area contributed by atoms with Crippen molar-refractivity contribution in [2.45, 2.75) is 129 Å². The number of anilines is 1. The first kappa shape index (κ1) is 35.5. The van der Waals surface area contributed by atoms with Crippen molar-refractivity contribution in [3.63, 3.8) is 0 Å². The zero-order valence-electron chi connectivity index (χ0n) is 28.4. The number of fused-ring (bicyclic) bond motifs is 1. The van der Waals surface area contributed by atoms with Crippen LogP contribution in [0.2, 0.25) is 0 Å². The number of hydrogen-bond donors (Lipinski definition) is 3. The third-order valence-electron chi connectivity index (χ3n) is 10.0. The molecule has 2 saturated carbocycles. The largest absolute Gasteiger partial charge is 0.490 e. The van der Waals surface area contributed by atoms with Crippen molar-refractivity contribution in [3.05, 3.63) is 23.8 Å². The predicted molar refractivity (Wildman–Crippen MR) is 180 cm³/mol. The third-order valence-corrected chi connectivity index (χ3v) is 10.0. The van der Waals surface area contributed by atoms with E-state index in [-0.39, 0.29) is 42.7 Å². The van der Waals surface area contributed by atoms with E-state index < -0.39 is 6.04 Å². The number of rotatable bonds is 8. The standard InChI is InChI=1S/C36H60N4O5/c1-26-22-40(27(2)25-41)35(42)32-21-31(38-36(43)37-30-16-9-6-10-17-30)18-19-33(32)45-28(3)13-11-12-20-44-34(26)24-39(4)23-29-14-7-5-8-15-29/h18-19,21,26-30,34,41H,5-17,20,22-25H2,1-4H3,(H2,37,38,43)/t26-,27+,28+,34+/m0/s1. The van der Waals surface area contributed by atoms with Crippen LogP contribution in [0.3, 0.4) is 0 Å². The number of benzene rings is 1. The number of urea groups is 1. The number of hydrogen-bond acceptors (Lipinski definition) is 6. The Balaban J connectivity index is 1.54. The molecule has 1 aliphatic heterocycles. The monoisotopic (exact) mass is 628 g/mol. The van der Waals surface area contributed by atoms with E-state index >= 15 is 0 Å².